The highest BCUT2D eigenvalue weighted by molar-refractivity contribution is 6.33. The summed E-state index contributed by atoms with van der Waals surface area (Å²) in [5.74, 6) is -0.600. The highest BCUT2D eigenvalue weighted by atomic mass is 35.5. The number of rotatable bonds is 4. The third kappa shape index (κ3) is 2.79. The maximum atomic E-state index is 10.6. The first-order valence-corrected chi connectivity index (χ1v) is 5.35. The summed E-state index contributed by atoms with van der Waals surface area (Å²) in [5, 5.41) is 12.4. The first-order valence-electron chi connectivity index (χ1n) is 4.97. The molecule has 88 valence electrons. The Kier molecular flexibility index (Phi) is 3.35. The van der Waals surface area contributed by atoms with E-state index in [4.69, 9.17) is 21.1 Å². The summed E-state index contributed by atoms with van der Waals surface area (Å²) < 4.78 is 5.10. The largest absolute Gasteiger partial charge is 0.475 e. The first kappa shape index (κ1) is 11.5. The van der Waals surface area contributed by atoms with Gasteiger partial charge in [-0.1, -0.05) is 23.7 Å². The summed E-state index contributed by atoms with van der Waals surface area (Å²) >= 11 is 5.96. The normalized spacial score (nSPS) is 10.2. The molecule has 0 saturated heterocycles. The van der Waals surface area contributed by atoms with E-state index in [2.05, 4.69) is 5.32 Å². The van der Waals surface area contributed by atoms with Crippen LogP contribution >= 0.6 is 11.6 Å². The molecule has 2 aromatic rings. The molecule has 0 aliphatic heterocycles. The van der Waals surface area contributed by atoms with E-state index < -0.39 is 5.97 Å². The summed E-state index contributed by atoms with van der Waals surface area (Å²) in [7, 11) is 0. The molecule has 0 fully saturated rings. The number of anilines is 1. The highest BCUT2D eigenvalue weighted by Gasteiger charge is 2.08. The van der Waals surface area contributed by atoms with Gasteiger partial charge in [-0.3, -0.25) is 0 Å². The van der Waals surface area contributed by atoms with Crippen molar-refractivity contribution in [1.29, 1.82) is 0 Å². The van der Waals surface area contributed by atoms with Gasteiger partial charge >= 0.3 is 5.97 Å². The smallest absolute Gasteiger partial charge is 0.371 e. The van der Waals surface area contributed by atoms with Gasteiger partial charge in [-0.2, -0.15) is 0 Å². The second-order valence-corrected chi connectivity index (χ2v) is 3.81. The number of para-hydroxylation sites is 1. The van der Waals surface area contributed by atoms with E-state index in [1.807, 2.05) is 18.2 Å². The molecule has 0 unspecified atom stereocenters. The number of aromatic carboxylic acids is 1. The zero-order valence-electron chi connectivity index (χ0n) is 8.81. The van der Waals surface area contributed by atoms with E-state index in [-0.39, 0.29) is 5.76 Å². The molecule has 1 heterocycles. The molecule has 0 atom stereocenters. The predicted molar refractivity (Wildman–Crippen MR) is 64.4 cm³/mol. The van der Waals surface area contributed by atoms with Gasteiger partial charge in [0.05, 0.1) is 17.3 Å². The lowest BCUT2D eigenvalue weighted by Gasteiger charge is -2.05. The molecule has 1 aromatic heterocycles. The van der Waals surface area contributed by atoms with Crippen LogP contribution < -0.4 is 5.32 Å². The number of nitrogens with one attached hydrogen (secondary N) is 1. The molecule has 0 aliphatic rings. The van der Waals surface area contributed by atoms with Crippen LogP contribution in [0, 0.1) is 0 Å². The van der Waals surface area contributed by atoms with Gasteiger partial charge in [-0.05, 0) is 24.3 Å². The maximum absolute atomic E-state index is 10.6. The molecule has 4 nitrogen and oxygen atoms in total. The quantitative estimate of drug-likeness (QED) is 0.876. The van der Waals surface area contributed by atoms with Crippen molar-refractivity contribution in [1.82, 2.24) is 0 Å². The fourth-order valence-corrected chi connectivity index (χ4v) is 1.58. The summed E-state index contributed by atoms with van der Waals surface area (Å²) in [6, 6.07) is 10.3. The van der Waals surface area contributed by atoms with Gasteiger partial charge in [0.1, 0.15) is 5.76 Å². The molecule has 0 radical (unpaired) electrons. The second kappa shape index (κ2) is 4.93. The van der Waals surface area contributed by atoms with Crippen molar-refractivity contribution in [3.05, 3.63) is 52.9 Å². The average Bonchev–Trinajstić information content (AvgIpc) is 2.77. The summed E-state index contributed by atoms with van der Waals surface area (Å²) in [4.78, 5) is 10.6. The van der Waals surface area contributed by atoms with Crippen LogP contribution in [0.4, 0.5) is 5.69 Å². The van der Waals surface area contributed by atoms with E-state index >= 15 is 0 Å². The van der Waals surface area contributed by atoms with Gasteiger partial charge in [0.15, 0.2) is 0 Å². The van der Waals surface area contributed by atoms with Crippen LogP contribution in [-0.2, 0) is 6.54 Å². The molecule has 0 aliphatic carbocycles. The number of furan rings is 1. The van der Waals surface area contributed by atoms with Gasteiger partial charge in [0.25, 0.3) is 0 Å². The number of hydrogen-bond acceptors (Lipinski definition) is 3. The van der Waals surface area contributed by atoms with Crippen LogP contribution in [0.25, 0.3) is 0 Å². The van der Waals surface area contributed by atoms with Crippen molar-refractivity contribution < 1.29 is 14.3 Å². The van der Waals surface area contributed by atoms with Crippen LogP contribution in [0.15, 0.2) is 40.8 Å². The van der Waals surface area contributed by atoms with Gasteiger partial charge in [-0.15, -0.1) is 0 Å². The lowest BCUT2D eigenvalue weighted by molar-refractivity contribution is 0.0660. The van der Waals surface area contributed by atoms with Crippen LogP contribution in [-0.4, -0.2) is 11.1 Å². The van der Waals surface area contributed by atoms with Crippen molar-refractivity contribution in [3.8, 4) is 0 Å². The minimum atomic E-state index is -1.08. The molecular weight excluding hydrogens is 242 g/mol. The summed E-state index contributed by atoms with van der Waals surface area (Å²) in [6.07, 6.45) is 0. The maximum Gasteiger partial charge on any atom is 0.371 e. The number of carboxylic acids is 1. The topological polar surface area (TPSA) is 62.5 Å². The van der Waals surface area contributed by atoms with Crippen molar-refractivity contribution >= 4 is 23.3 Å². The molecule has 2 rings (SSSR count). The Morgan fingerprint density at radius 2 is 2.06 bits per heavy atom. The van der Waals surface area contributed by atoms with Crippen molar-refractivity contribution in [2.24, 2.45) is 0 Å². The summed E-state index contributed by atoms with van der Waals surface area (Å²) in [6.45, 7) is 0.386. The number of carboxylic acid groups (broad SMARTS) is 1. The van der Waals surface area contributed by atoms with E-state index in [9.17, 15) is 4.79 Å². The molecule has 0 spiro atoms. The Hall–Kier alpha value is -1.94. The molecule has 2 N–H and O–H groups in total. The number of hydrogen-bond donors (Lipinski definition) is 2. The molecule has 5 heteroatoms. The predicted octanol–water partition coefficient (Wildman–Crippen LogP) is 3.24. The van der Waals surface area contributed by atoms with Crippen molar-refractivity contribution in [2.75, 3.05) is 5.32 Å². The lowest BCUT2D eigenvalue weighted by atomic mass is 10.3. The zero-order valence-corrected chi connectivity index (χ0v) is 9.57. The fourth-order valence-electron chi connectivity index (χ4n) is 1.37. The van der Waals surface area contributed by atoms with Crippen molar-refractivity contribution in [3.63, 3.8) is 0 Å². The van der Waals surface area contributed by atoms with E-state index in [0.717, 1.165) is 5.69 Å². The second-order valence-electron chi connectivity index (χ2n) is 3.40. The molecular formula is C12H10ClNO3. The van der Waals surface area contributed by atoms with Gasteiger partial charge in [-0.25, -0.2) is 4.79 Å². The SMILES string of the molecule is O=C(O)c1ccc(CNc2ccccc2Cl)o1. The summed E-state index contributed by atoms with van der Waals surface area (Å²) in [5.41, 5.74) is 0.780. The first-order chi connectivity index (χ1) is 8.16. The molecule has 0 saturated carbocycles. The van der Waals surface area contributed by atoms with Gasteiger partial charge in [0.2, 0.25) is 5.76 Å². The lowest BCUT2D eigenvalue weighted by Crippen LogP contribution is -1.98. The standard InChI is InChI=1S/C12H10ClNO3/c13-9-3-1-2-4-10(9)14-7-8-5-6-11(17-8)12(15)16/h1-6,14H,7H2,(H,15,16). The Balaban J connectivity index is 2.02. The Bertz CT molecular complexity index is 536. The average molecular weight is 252 g/mol. The third-order valence-corrected chi connectivity index (χ3v) is 2.53. The van der Waals surface area contributed by atoms with Gasteiger partial charge < -0.3 is 14.8 Å². The minimum Gasteiger partial charge on any atom is -0.475 e. The Morgan fingerprint density at radius 1 is 1.29 bits per heavy atom. The van der Waals surface area contributed by atoms with Gasteiger partial charge in [0, 0.05) is 0 Å². The molecule has 0 bridgehead atoms. The number of benzene rings is 1. The zero-order chi connectivity index (χ0) is 12.3. The third-order valence-electron chi connectivity index (χ3n) is 2.20. The minimum absolute atomic E-state index is 0.0686. The molecule has 17 heavy (non-hydrogen) atoms. The Morgan fingerprint density at radius 3 is 2.71 bits per heavy atom. The van der Waals surface area contributed by atoms with Crippen molar-refractivity contribution in [2.45, 2.75) is 6.54 Å². The monoisotopic (exact) mass is 251 g/mol. The fraction of sp³-hybridized carbons (Fsp3) is 0.0833. The number of halogens is 1. The van der Waals surface area contributed by atoms with Crippen LogP contribution in [0.3, 0.4) is 0 Å². The highest BCUT2D eigenvalue weighted by Crippen LogP contribution is 2.21. The van der Waals surface area contributed by atoms with E-state index in [1.165, 1.54) is 6.07 Å². The van der Waals surface area contributed by atoms with Crippen LogP contribution in [0.2, 0.25) is 5.02 Å². The number of carbonyl (C=O) groups is 1. The van der Waals surface area contributed by atoms with Crippen LogP contribution in [0.1, 0.15) is 16.3 Å². The van der Waals surface area contributed by atoms with Crippen LogP contribution in [0.5, 0.6) is 0 Å². The van der Waals surface area contributed by atoms with E-state index in [0.29, 0.717) is 17.3 Å². The Labute approximate surface area is 103 Å². The van der Waals surface area contributed by atoms with E-state index in [1.54, 1.807) is 12.1 Å². The molecule has 0 amide bonds. The molecule has 1 aromatic carbocycles.